The molecule has 0 heterocycles. The molecule has 0 aromatic carbocycles. The Bertz CT molecular complexity index is 484. The van der Waals surface area contributed by atoms with Crippen molar-refractivity contribution in [3.05, 3.63) is 11.1 Å². The molecule has 0 saturated heterocycles. The van der Waals surface area contributed by atoms with Crippen LogP contribution in [0.5, 0.6) is 0 Å². The molecule has 3 nitrogen and oxygen atoms in total. The number of rotatable bonds is 9. The molecule has 2 atom stereocenters. The second-order valence-electron chi connectivity index (χ2n) is 13.2. The summed E-state index contributed by atoms with van der Waals surface area (Å²) in [6.45, 7) is 28.7. The lowest BCUT2D eigenvalue weighted by Crippen LogP contribution is -2.13. The summed E-state index contributed by atoms with van der Waals surface area (Å²) in [5.74, 6) is 1.64. The van der Waals surface area contributed by atoms with Gasteiger partial charge in [0.05, 0.1) is 0 Å². The predicted octanol–water partition coefficient (Wildman–Crippen LogP) is 9.07. The molecule has 4 heteroatoms. The van der Waals surface area contributed by atoms with Gasteiger partial charge in [0.15, 0.2) is 0 Å². The molecule has 0 rings (SSSR count). The van der Waals surface area contributed by atoms with Crippen molar-refractivity contribution in [1.82, 2.24) is 0 Å². The van der Waals surface area contributed by atoms with Crippen molar-refractivity contribution in [3.63, 3.8) is 0 Å². The Morgan fingerprint density at radius 2 is 1.03 bits per heavy atom. The molecule has 0 aliphatic heterocycles. The van der Waals surface area contributed by atoms with Gasteiger partial charge in [-0.25, -0.2) is 0 Å². The highest BCUT2D eigenvalue weighted by Gasteiger charge is 2.19. The molecule has 30 heavy (non-hydrogen) atoms. The van der Waals surface area contributed by atoms with E-state index in [1.165, 1.54) is 44.9 Å². The third kappa shape index (κ3) is 24.0. The molecule has 0 amide bonds. The third-order valence-corrected chi connectivity index (χ3v) is 5.20. The van der Waals surface area contributed by atoms with Gasteiger partial charge >= 0.3 is 8.25 Å². The van der Waals surface area contributed by atoms with E-state index in [0.717, 1.165) is 11.8 Å². The van der Waals surface area contributed by atoms with E-state index >= 15 is 0 Å². The van der Waals surface area contributed by atoms with Gasteiger partial charge in [0.25, 0.3) is 0 Å². The fourth-order valence-corrected chi connectivity index (χ4v) is 4.61. The van der Waals surface area contributed by atoms with Crippen molar-refractivity contribution in [2.24, 2.45) is 28.1 Å². The molecule has 2 N–H and O–H groups in total. The van der Waals surface area contributed by atoms with E-state index in [1.54, 1.807) is 11.1 Å². The molecular formula is C26H54O3P+. The molecule has 180 valence electrons. The van der Waals surface area contributed by atoms with E-state index in [9.17, 15) is 0 Å². The van der Waals surface area contributed by atoms with Gasteiger partial charge in [-0.3, -0.25) is 0 Å². The minimum Gasteiger partial charge on any atom is -0.134 e. The van der Waals surface area contributed by atoms with Crippen LogP contribution < -0.4 is 0 Å². The fraction of sp³-hybridized carbons (Fsp3) is 0.923. The first-order chi connectivity index (χ1) is 13.2. The van der Waals surface area contributed by atoms with Crippen molar-refractivity contribution in [3.8, 4) is 0 Å². The summed E-state index contributed by atoms with van der Waals surface area (Å²) in [7, 11) is -2.87. The molecule has 0 fully saturated rings. The first-order valence-electron chi connectivity index (χ1n) is 11.7. The zero-order valence-electron chi connectivity index (χ0n) is 22.4. The van der Waals surface area contributed by atoms with Crippen molar-refractivity contribution in [1.29, 1.82) is 0 Å². The van der Waals surface area contributed by atoms with Crippen LogP contribution in [0, 0.1) is 28.1 Å². The minimum absolute atomic E-state index is 0.392. The average molecular weight is 446 g/mol. The van der Waals surface area contributed by atoms with Crippen molar-refractivity contribution in [2.75, 3.05) is 0 Å². The van der Waals surface area contributed by atoms with E-state index in [-0.39, 0.29) is 0 Å². The molecule has 0 saturated carbocycles. The largest absolute Gasteiger partial charge is 0.692 e. The lowest BCUT2D eigenvalue weighted by molar-refractivity contribution is 0.290. The van der Waals surface area contributed by atoms with Gasteiger partial charge in [-0.15, -0.1) is 9.79 Å². The van der Waals surface area contributed by atoms with Crippen molar-refractivity contribution >= 4 is 8.25 Å². The third-order valence-electron chi connectivity index (χ3n) is 5.20. The standard InChI is InChI=1S/C26H52.HO3P/c1-20(17-24(4,5)6)13-15-23(22(3)19-26(10,11)12)16-14-21(2)18-25(7,8)9;1-4(2)3/h20-21H,13-19H2,1-12H3;(H-,1,2,3)/p+1. The highest BCUT2D eigenvalue weighted by molar-refractivity contribution is 7.30. The number of hydrogen-bond acceptors (Lipinski definition) is 1. The van der Waals surface area contributed by atoms with Gasteiger partial charge in [0.1, 0.15) is 0 Å². The second-order valence-corrected chi connectivity index (χ2v) is 13.7. The summed E-state index contributed by atoms with van der Waals surface area (Å²) in [5, 5.41) is 0. The summed E-state index contributed by atoms with van der Waals surface area (Å²) < 4.78 is 8.70. The Morgan fingerprint density at radius 1 is 0.733 bits per heavy atom. The summed E-state index contributed by atoms with van der Waals surface area (Å²) in [6.07, 6.45) is 9.22. The van der Waals surface area contributed by atoms with Crippen LogP contribution in [0.25, 0.3) is 0 Å². The maximum Gasteiger partial charge on any atom is 0.692 e. The Kier molecular flexibility index (Phi) is 14.9. The maximum atomic E-state index is 8.70. The van der Waals surface area contributed by atoms with Crippen LogP contribution in [0.15, 0.2) is 11.1 Å². The zero-order chi connectivity index (χ0) is 24.3. The Hall–Kier alpha value is -0.240. The van der Waals surface area contributed by atoms with Gasteiger partial charge in [0.2, 0.25) is 0 Å². The van der Waals surface area contributed by atoms with Crippen LogP contribution in [0.2, 0.25) is 0 Å². The molecule has 0 aliphatic rings. The highest BCUT2D eigenvalue weighted by Crippen LogP contribution is 2.34. The van der Waals surface area contributed by atoms with Crippen LogP contribution in [0.1, 0.15) is 128 Å². The van der Waals surface area contributed by atoms with Gasteiger partial charge in [-0.1, -0.05) is 87.3 Å². The molecule has 0 aromatic rings. The molecule has 2 unspecified atom stereocenters. The lowest BCUT2D eigenvalue weighted by Gasteiger charge is -2.26. The van der Waals surface area contributed by atoms with Crippen LogP contribution in [0.4, 0.5) is 0 Å². The SMILES string of the molecule is CC(CC(C)(C)C)=C(CCC(C)CC(C)(C)C)CCC(C)CC(C)(C)C.O=[P+](O)O. The summed E-state index contributed by atoms with van der Waals surface area (Å²) in [4.78, 5) is 14.2. The van der Waals surface area contributed by atoms with E-state index in [2.05, 4.69) is 83.1 Å². The quantitative estimate of drug-likeness (QED) is 0.275. The molecular weight excluding hydrogens is 391 g/mol. The number of hydrogen-bond donors (Lipinski definition) is 2. The molecule has 0 aromatic heterocycles. The smallest absolute Gasteiger partial charge is 0.134 e. The van der Waals surface area contributed by atoms with Crippen molar-refractivity contribution in [2.45, 2.75) is 128 Å². The monoisotopic (exact) mass is 445 g/mol. The minimum atomic E-state index is -2.87. The van der Waals surface area contributed by atoms with Crippen LogP contribution >= 0.6 is 8.25 Å². The van der Waals surface area contributed by atoms with E-state index in [4.69, 9.17) is 14.4 Å². The van der Waals surface area contributed by atoms with Gasteiger partial charge in [0, 0.05) is 4.57 Å². The first-order valence-corrected chi connectivity index (χ1v) is 12.9. The maximum absolute atomic E-state index is 8.70. The fourth-order valence-electron chi connectivity index (χ4n) is 4.61. The van der Waals surface area contributed by atoms with Crippen molar-refractivity contribution < 1.29 is 14.4 Å². The average Bonchev–Trinajstić information content (AvgIpc) is 2.40. The van der Waals surface area contributed by atoms with Gasteiger partial charge in [-0.05, 0) is 80.0 Å². The number of allylic oxidation sites excluding steroid dienone is 2. The van der Waals surface area contributed by atoms with E-state index in [0.29, 0.717) is 16.2 Å². The van der Waals surface area contributed by atoms with Gasteiger partial charge < -0.3 is 0 Å². The summed E-state index contributed by atoms with van der Waals surface area (Å²) in [5.41, 5.74) is 4.73. The highest BCUT2D eigenvalue weighted by atomic mass is 31.1. The first kappa shape index (κ1) is 31.9. The van der Waals surface area contributed by atoms with E-state index < -0.39 is 8.25 Å². The summed E-state index contributed by atoms with van der Waals surface area (Å²) in [6, 6.07) is 0. The lowest BCUT2D eigenvalue weighted by atomic mass is 9.79. The Labute approximate surface area is 190 Å². The van der Waals surface area contributed by atoms with Gasteiger partial charge in [-0.2, -0.15) is 0 Å². The Balaban J connectivity index is 0. The second kappa shape index (κ2) is 14.0. The molecule has 0 bridgehead atoms. The Morgan fingerprint density at radius 3 is 1.27 bits per heavy atom. The van der Waals surface area contributed by atoms with Crippen LogP contribution in [-0.2, 0) is 4.57 Å². The topological polar surface area (TPSA) is 57.5 Å². The normalized spacial score (nSPS) is 14.5. The molecule has 0 aliphatic carbocycles. The van der Waals surface area contributed by atoms with E-state index in [1.807, 2.05) is 0 Å². The predicted molar refractivity (Wildman–Crippen MR) is 134 cm³/mol. The summed E-state index contributed by atoms with van der Waals surface area (Å²) >= 11 is 0. The van der Waals surface area contributed by atoms with Crippen LogP contribution in [0.3, 0.4) is 0 Å². The zero-order valence-corrected chi connectivity index (χ0v) is 23.2. The molecule has 0 radical (unpaired) electrons. The van der Waals surface area contributed by atoms with Crippen LogP contribution in [-0.4, -0.2) is 9.79 Å². The molecule has 0 spiro atoms.